The predicted octanol–water partition coefficient (Wildman–Crippen LogP) is 8.29. The molecule has 0 saturated carbocycles. The third-order valence-corrected chi connectivity index (χ3v) is 9.83. The highest BCUT2D eigenvalue weighted by Gasteiger charge is 2.39. The van der Waals surface area contributed by atoms with Gasteiger partial charge in [0.25, 0.3) is 0 Å². The fourth-order valence-electron chi connectivity index (χ4n) is 7.55. The Labute approximate surface area is 250 Å². The fraction of sp³-hybridized carbons (Fsp3) is 0.368. The van der Waals surface area contributed by atoms with Crippen molar-refractivity contribution in [1.82, 2.24) is 0 Å². The zero-order valence-electron chi connectivity index (χ0n) is 24.6. The lowest BCUT2D eigenvalue weighted by Gasteiger charge is -2.40. The van der Waals surface area contributed by atoms with Crippen molar-refractivity contribution < 1.29 is 14.2 Å². The summed E-state index contributed by atoms with van der Waals surface area (Å²) in [7, 11) is 1.82. The second-order valence-corrected chi connectivity index (χ2v) is 12.2. The van der Waals surface area contributed by atoms with Gasteiger partial charge in [0.1, 0.15) is 18.1 Å². The van der Waals surface area contributed by atoms with Crippen LogP contribution in [0.4, 0.5) is 5.69 Å². The molecule has 4 nitrogen and oxygen atoms in total. The van der Waals surface area contributed by atoms with Crippen molar-refractivity contribution >= 4 is 5.69 Å². The molecule has 0 bridgehead atoms. The number of hydrogen-bond acceptors (Lipinski definition) is 4. The van der Waals surface area contributed by atoms with E-state index >= 15 is 0 Å². The van der Waals surface area contributed by atoms with E-state index in [0.29, 0.717) is 12.5 Å². The minimum atomic E-state index is 0.124. The van der Waals surface area contributed by atoms with Crippen LogP contribution in [0.2, 0.25) is 0 Å². The Bertz CT molecular complexity index is 1490. The molecule has 1 aliphatic carbocycles. The molecule has 2 unspecified atom stereocenters. The third kappa shape index (κ3) is 5.41. The Morgan fingerprint density at radius 1 is 0.833 bits per heavy atom. The number of hydrogen-bond donors (Lipinski definition) is 0. The summed E-state index contributed by atoms with van der Waals surface area (Å²) in [5.74, 6) is 2.50. The Hall–Kier alpha value is -3.76. The van der Waals surface area contributed by atoms with Gasteiger partial charge in [0.15, 0.2) is 0 Å². The molecule has 0 N–H and O–H groups in total. The highest BCUT2D eigenvalue weighted by molar-refractivity contribution is 5.58. The van der Waals surface area contributed by atoms with Gasteiger partial charge in [0.2, 0.25) is 0 Å². The van der Waals surface area contributed by atoms with Gasteiger partial charge in [0.05, 0.1) is 12.7 Å². The van der Waals surface area contributed by atoms with Gasteiger partial charge in [-0.25, -0.2) is 0 Å². The van der Waals surface area contributed by atoms with Crippen LogP contribution in [0.5, 0.6) is 11.5 Å². The molecule has 2 saturated heterocycles. The summed E-state index contributed by atoms with van der Waals surface area (Å²) in [6, 6.07) is 35.0. The van der Waals surface area contributed by atoms with Crippen molar-refractivity contribution in [2.24, 2.45) is 0 Å². The van der Waals surface area contributed by atoms with Gasteiger partial charge in [-0.15, -0.1) is 0 Å². The summed E-state index contributed by atoms with van der Waals surface area (Å²) >= 11 is 0. The standard InChI is InChI=1S/C38H41NO3/c1-40-36-26-31(39-22-20-38(21-23-39)19-8-24-42-38)14-17-35(36)37-33(29-11-6-3-7-12-29)16-13-30-25-32(15-18-34(30)37)41-27-28-9-4-2-5-10-28/h2-7,9-12,14-15,17-18,25-26,33,37H,8,13,16,19-24,27H2,1H3. The quantitative estimate of drug-likeness (QED) is 0.228. The molecule has 2 heterocycles. The van der Waals surface area contributed by atoms with Crippen LogP contribution in [0.15, 0.2) is 97.1 Å². The fourth-order valence-corrected chi connectivity index (χ4v) is 7.55. The average molecular weight is 560 g/mol. The van der Waals surface area contributed by atoms with Crippen molar-refractivity contribution in [3.05, 3.63) is 125 Å². The summed E-state index contributed by atoms with van der Waals surface area (Å²) in [5.41, 5.74) is 7.97. The van der Waals surface area contributed by atoms with Gasteiger partial charge in [-0.05, 0) is 84.9 Å². The second-order valence-electron chi connectivity index (χ2n) is 12.2. The number of anilines is 1. The van der Waals surface area contributed by atoms with Gasteiger partial charge >= 0.3 is 0 Å². The maximum Gasteiger partial charge on any atom is 0.124 e. The van der Waals surface area contributed by atoms with Crippen molar-refractivity contribution in [3.63, 3.8) is 0 Å². The van der Waals surface area contributed by atoms with E-state index in [2.05, 4.69) is 95.9 Å². The normalized spacial score (nSPS) is 21.2. The van der Waals surface area contributed by atoms with Crippen LogP contribution in [0.1, 0.15) is 71.8 Å². The van der Waals surface area contributed by atoms with Gasteiger partial charge in [-0.3, -0.25) is 0 Å². The van der Waals surface area contributed by atoms with E-state index in [1.54, 1.807) is 0 Å². The highest BCUT2D eigenvalue weighted by Crippen LogP contribution is 2.50. The molecule has 7 rings (SSSR count). The molecule has 2 fully saturated rings. The first-order valence-corrected chi connectivity index (χ1v) is 15.6. The molecule has 3 aliphatic rings. The molecule has 4 aromatic rings. The Kier molecular flexibility index (Phi) is 7.65. The van der Waals surface area contributed by atoms with Crippen molar-refractivity contribution in [1.29, 1.82) is 0 Å². The van der Waals surface area contributed by atoms with Crippen LogP contribution in [0.3, 0.4) is 0 Å². The van der Waals surface area contributed by atoms with E-state index in [-0.39, 0.29) is 11.5 Å². The zero-order chi connectivity index (χ0) is 28.4. The summed E-state index contributed by atoms with van der Waals surface area (Å²) in [6.45, 7) is 3.57. The van der Waals surface area contributed by atoms with E-state index in [1.165, 1.54) is 46.3 Å². The number of rotatable bonds is 7. The lowest BCUT2D eigenvalue weighted by Crippen LogP contribution is -2.44. The number of benzene rings is 4. The largest absolute Gasteiger partial charge is 0.496 e. The third-order valence-electron chi connectivity index (χ3n) is 9.83. The SMILES string of the molecule is COc1cc(N2CCC3(CCCO3)CC2)ccc1C1c2ccc(OCc3ccccc3)cc2CCC1c1ccccc1. The molecule has 0 amide bonds. The van der Waals surface area contributed by atoms with Crippen LogP contribution in [0, 0.1) is 0 Å². The highest BCUT2D eigenvalue weighted by atomic mass is 16.5. The minimum Gasteiger partial charge on any atom is -0.496 e. The van der Waals surface area contributed by atoms with Gasteiger partial charge in [-0.1, -0.05) is 72.8 Å². The molecule has 1 spiro atoms. The van der Waals surface area contributed by atoms with Crippen LogP contribution in [-0.4, -0.2) is 32.4 Å². The molecular weight excluding hydrogens is 518 g/mol. The maximum absolute atomic E-state index is 6.23. The topological polar surface area (TPSA) is 30.9 Å². The number of piperidine rings is 1. The van der Waals surface area contributed by atoms with Crippen LogP contribution in [-0.2, 0) is 17.8 Å². The van der Waals surface area contributed by atoms with E-state index in [9.17, 15) is 0 Å². The molecule has 42 heavy (non-hydrogen) atoms. The smallest absolute Gasteiger partial charge is 0.124 e. The monoisotopic (exact) mass is 559 g/mol. The van der Waals surface area contributed by atoms with Gasteiger partial charge in [0, 0.05) is 42.9 Å². The molecule has 2 aliphatic heterocycles. The van der Waals surface area contributed by atoms with E-state index in [1.807, 2.05) is 13.2 Å². The Morgan fingerprint density at radius 2 is 1.60 bits per heavy atom. The Balaban J connectivity index is 1.19. The first kappa shape index (κ1) is 27.1. The lowest BCUT2D eigenvalue weighted by atomic mass is 9.69. The predicted molar refractivity (Wildman–Crippen MR) is 169 cm³/mol. The number of fused-ring (bicyclic) bond motifs is 1. The van der Waals surface area contributed by atoms with E-state index in [0.717, 1.165) is 56.9 Å². The molecule has 0 radical (unpaired) electrons. The lowest BCUT2D eigenvalue weighted by molar-refractivity contribution is -0.0146. The van der Waals surface area contributed by atoms with E-state index < -0.39 is 0 Å². The second kappa shape index (κ2) is 11.9. The average Bonchev–Trinajstić information content (AvgIpc) is 3.51. The van der Waals surface area contributed by atoms with Gasteiger partial charge < -0.3 is 19.1 Å². The molecule has 216 valence electrons. The summed E-state index contributed by atoms with van der Waals surface area (Å²) in [5, 5.41) is 0. The first-order valence-electron chi connectivity index (χ1n) is 15.6. The van der Waals surface area contributed by atoms with Crippen LogP contribution >= 0.6 is 0 Å². The van der Waals surface area contributed by atoms with Crippen molar-refractivity contribution in [3.8, 4) is 11.5 Å². The number of aryl methyl sites for hydroxylation is 1. The van der Waals surface area contributed by atoms with Crippen LogP contribution in [0.25, 0.3) is 0 Å². The van der Waals surface area contributed by atoms with Crippen molar-refractivity contribution in [2.75, 3.05) is 31.7 Å². The molecular formula is C38H41NO3. The number of nitrogens with zero attached hydrogens (tertiary/aromatic N) is 1. The summed E-state index contributed by atoms with van der Waals surface area (Å²) in [6.07, 6.45) is 6.75. The van der Waals surface area contributed by atoms with Crippen molar-refractivity contribution in [2.45, 2.75) is 62.6 Å². The molecule has 0 aromatic heterocycles. The molecule has 2 atom stereocenters. The first-order chi connectivity index (χ1) is 20.7. The van der Waals surface area contributed by atoms with Crippen LogP contribution < -0.4 is 14.4 Å². The van der Waals surface area contributed by atoms with E-state index in [4.69, 9.17) is 14.2 Å². The minimum absolute atomic E-state index is 0.124. The number of ether oxygens (including phenoxy) is 3. The van der Waals surface area contributed by atoms with Gasteiger partial charge in [-0.2, -0.15) is 0 Å². The Morgan fingerprint density at radius 3 is 2.33 bits per heavy atom. The molecule has 4 heteroatoms. The summed E-state index contributed by atoms with van der Waals surface area (Å²) < 4.78 is 18.6. The number of methoxy groups -OCH3 is 1. The molecule has 4 aromatic carbocycles. The zero-order valence-corrected chi connectivity index (χ0v) is 24.6. The maximum atomic E-state index is 6.23. The summed E-state index contributed by atoms with van der Waals surface area (Å²) in [4.78, 5) is 2.51.